The Balaban J connectivity index is 1.52. The number of carbonyl (C=O) groups is 1. The number of aliphatic hydroxyl groups excluding tert-OH is 8. The molecule has 0 bridgehead atoms. The summed E-state index contributed by atoms with van der Waals surface area (Å²) >= 11 is 0. The van der Waals surface area contributed by atoms with E-state index in [2.05, 4.69) is 19.2 Å². The van der Waals surface area contributed by atoms with E-state index in [0.29, 0.717) is 12.8 Å². The first-order valence-electron chi connectivity index (χ1n) is 31.8. The average Bonchev–Trinajstić information content (AvgIpc) is 3.41. The van der Waals surface area contributed by atoms with Gasteiger partial charge in [0, 0.05) is 6.42 Å². The molecule has 0 aromatic rings. The number of aliphatic hydroxyl groups is 8. The summed E-state index contributed by atoms with van der Waals surface area (Å²) in [5, 5.41) is 86.8. The maximum Gasteiger partial charge on any atom is 0.220 e. The first-order chi connectivity index (χ1) is 36.6. The third-order valence-corrected chi connectivity index (χ3v) is 16.1. The largest absolute Gasteiger partial charge is 0.394 e. The van der Waals surface area contributed by atoms with Gasteiger partial charge in [0.2, 0.25) is 5.91 Å². The molecular weight excluding hydrogens is 955 g/mol. The number of amides is 1. The minimum Gasteiger partial charge on any atom is -0.394 e. The van der Waals surface area contributed by atoms with Crippen LogP contribution in [0.4, 0.5) is 0 Å². The van der Waals surface area contributed by atoms with Gasteiger partial charge in [0.1, 0.15) is 48.8 Å². The first kappa shape index (κ1) is 70.1. The lowest BCUT2D eigenvalue weighted by molar-refractivity contribution is -0.359. The molecule has 1 amide bonds. The predicted molar refractivity (Wildman–Crippen MR) is 300 cm³/mol. The minimum absolute atomic E-state index is 0.204. The number of unbranched alkanes of at least 4 members (excludes halogenated alkanes) is 39. The van der Waals surface area contributed by atoms with Crippen LogP contribution in [-0.4, -0.2) is 140 Å². The van der Waals surface area contributed by atoms with Gasteiger partial charge in [-0.1, -0.05) is 271 Å². The van der Waals surface area contributed by atoms with Gasteiger partial charge in [-0.15, -0.1) is 0 Å². The van der Waals surface area contributed by atoms with Crippen molar-refractivity contribution in [2.45, 2.75) is 364 Å². The van der Waals surface area contributed by atoms with Crippen molar-refractivity contribution in [3.05, 3.63) is 0 Å². The van der Waals surface area contributed by atoms with Gasteiger partial charge in [0.25, 0.3) is 0 Å². The Morgan fingerprint density at radius 2 is 0.760 bits per heavy atom. The Labute approximate surface area is 457 Å². The van der Waals surface area contributed by atoms with Crippen molar-refractivity contribution in [1.29, 1.82) is 0 Å². The highest BCUT2D eigenvalue weighted by atomic mass is 16.7. The molecule has 12 unspecified atom stereocenters. The number of carbonyl (C=O) groups excluding carboxylic acids is 1. The molecule has 2 heterocycles. The van der Waals surface area contributed by atoms with E-state index in [-0.39, 0.29) is 12.5 Å². The van der Waals surface area contributed by atoms with E-state index in [4.69, 9.17) is 18.9 Å². The van der Waals surface area contributed by atoms with Gasteiger partial charge >= 0.3 is 0 Å². The molecule has 2 aliphatic rings. The lowest BCUT2D eigenvalue weighted by Gasteiger charge is -2.46. The Kier molecular flexibility index (Phi) is 44.6. The maximum absolute atomic E-state index is 13.2. The number of nitrogens with one attached hydrogen (secondary N) is 1. The van der Waals surface area contributed by atoms with Crippen LogP contribution in [0.15, 0.2) is 0 Å². The highest BCUT2D eigenvalue weighted by Gasteiger charge is 2.51. The van der Waals surface area contributed by atoms with Crippen LogP contribution in [0.2, 0.25) is 0 Å². The van der Waals surface area contributed by atoms with Crippen molar-refractivity contribution in [3.63, 3.8) is 0 Å². The fourth-order valence-electron chi connectivity index (χ4n) is 10.9. The number of hydrogen-bond acceptors (Lipinski definition) is 13. The average molecular weight is 1070 g/mol. The first-order valence-corrected chi connectivity index (χ1v) is 31.8. The van der Waals surface area contributed by atoms with Gasteiger partial charge in [-0.05, 0) is 12.8 Å². The van der Waals surface area contributed by atoms with E-state index >= 15 is 0 Å². The van der Waals surface area contributed by atoms with Crippen molar-refractivity contribution in [3.8, 4) is 0 Å². The van der Waals surface area contributed by atoms with Crippen molar-refractivity contribution in [2.24, 2.45) is 0 Å². The summed E-state index contributed by atoms with van der Waals surface area (Å²) < 4.78 is 22.7. The van der Waals surface area contributed by atoms with Crippen LogP contribution >= 0.6 is 0 Å². The van der Waals surface area contributed by atoms with E-state index < -0.39 is 86.8 Å². The fraction of sp³-hybridized carbons (Fsp3) is 0.984. The zero-order chi connectivity index (χ0) is 54.6. The van der Waals surface area contributed by atoms with Crippen LogP contribution in [0.3, 0.4) is 0 Å². The highest BCUT2D eigenvalue weighted by molar-refractivity contribution is 5.76. The normalized spacial score (nSPS) is 24.9. The quantitative estimate of drug-likeness (QED) is 0.0259. The minimum atomic E-state index is -1.78. The van der Waals surface area contributed by atoms with Gasteiger partial charge < -0.3 is 65.1 Å². The second-order valence-electron chi connectivity index (χ2n) is 22.9. The highest BCUT2D eigenvalue weighted by Crippen LogP contribution is 2.30. The molecule has 14 nitrogen and oxygen atoms in total. The molecule has 2 saturated heterocycles. The van der Waals surface area contributed by atoms with Gasteiger partial charge in [0.15, 0.2) is 12.6 Å². The number of ether oxygens (including phenoxy) is 4. The maximum atomic E-state index is 13.2. The van der Waals surface area contributed by atoms with Gasteiger partial charge in [-0.2, -0.15) is 0 Å². The molecule has 0 aromatic carbocycles. The fourth-order valence-corrected chi connectivity index (χ4v) is 10.9. The lowest BCUT2D eigenvalue weighted by Crippen LogP contribution is -2.65. The van der Waals surface area contributed by atoms with E-state index in [1.807, 2.05) is 0 Å². The van der Waals surface area contributed by atoms with Gasteiger partial charge in [-0.25, -0.2) is 0 Å². The van der Waals surface area contributed by atoms with Crippen molar-refractivity contribution >= 4 is 5.91 Å². The van der Waals surface area contributed by atoms with Crippen LogP contribution in [0.1, 0.15) is 290 Å². The molecule has 12 atom stereocenters. The molecular formula is C61H119NO13. The Morgan fingerprint density at radius 1 is 0.427 bits per heavy atom. The van der Waals surface area contributed by atoms with E-state index in [1.54, 1.807) is 0 Å². The van der Waals surface area contributed by atoms with Crippen LogP contribution in [0.25, 0.3) is 0 Å². The summed E-state index contributed by atoms with van der Waals surface area (Å²) in [5.74, 6) is -0.204. The summed E-state index contributed by atoms with van der Waals surface area (Å²) in [6.45, 7) is 2.83. The molecule has 2 fully saturated rings. The standard InChI is InChI=1S/C61H119NO13/c1-3-5-7-9-11-12-13-14-15-16-17-18-19-20-21-22-23-24-25-26-27-28-29-30-31-32-33-34-35-36-37-39-41-43-45-53(66)62-49(50(65)44-42-40-38-10-8-6-4-2)48-72-60-58(71)56(69)59(52(47-64)74-60)75-61-57(70)55(68)54(67)51(46-63)73-61/h49-52,54-61,63-65,67-71H,3-48H2,1-2H3,(H,62,66). The van der Waals surface area contributed by atoms with E-state index in [1.165, 1.54) is 212 Å². The molecule has 446 valence electrons. The lowest BCUT2D eigenvalue weighted by atomic mass is 9.97. The van der Waals surface area contributed by atoms with Crippen LogP contribution in [0, 0.1) is 0 Å². The van der Waals surface area contributed by atoms with Gasteiger partial charge in [-0.3, -0.25) is 4.79 Å². The Bertz CT molecular complexity index is 1270. The van der Waals surface area contributed by atoms with Crippen LogP contribution in [-0.2, 0) is 23.7 Å². The monoisotopic (exact) mass is 1070 g/mol. The van der Waals surface area contributed by atoms with Crippen LogP contribution < -0.4 is 5.32 Å². The molecule has 75 heavy (non-hydrogen) atoms. The molecule has 0 spiro atoms. The summed E-state index contributed by atoms with van der Waals surface area (Å²) in [5.41, 5.74) is 0. The number of hydrogen-bond donors (Lipinski definition) is 9. The molecule has 14 heteroatoms. The SMILES string of the molecule is CCCCCCCCCCCCCCCCCCCCCCCCCCCCCCCCCCCCC(=O)NC(COC1OC(CO)C(OC2OC(CO)C(O)C(O)C2O)C(O)C1O)C(O)CCCCCCCCC. The second kappa shape index (κ2) is 47.8. The van der Waals surface area contributed by atoms with E-state index in [9.17, 15) is 45.6 Å². The summed E-state index contributed by atoms with van der Waals surface area (Å²) in [6, 6.07) is -0.820. The summed E-state index contributed by atoms with van der Waals surface area (Å²) in [7, 11) is 0. The molecule has 2 rings (SSSR count). The molecule has 0 aliphatic carbocycles. The molecule has 2 aliphatic heterocycles. The van der Waals surface area contributed by atoms with Crippen molar-refractivity contribution in [1.82, 2.24) is 5.32 Å². The van der Waals surface area contributed by atoms with Crippen molar-refractivity contribution < 1.29 is 64.6 Å². The van der Waals surface area contributed by atoms with E-state index in [0.717, 1.165) is 51.4 Å². The second-order valence-corrected chi connectivity index (χ2v) is 22.9. The summed E-state index contributed by atoms with van der Waals surface area (Å²) in [4.78, 5) is 13.2. The Hall–Kier alpha value is -1.01. The van der Waals surface area contributed by atoms with Crippen LogP contribution in [0.5, 0.6) is 0 Å². The third-order valence-electron chi connectivity index (χ3n) is 16.1. The van der Waals surface area contributed by atoms with Crippen molar-refractivity contribution in [2.75, 3.05) is 19.8 Å². The zero-order valence-corrected chi connectivity index (χ0v) is 48.1. The number of rotatable bonds is 52. The molecule has 0 saturated carbocycles. The molecule has 9 N–H and O–H groups in total. The zero-order valence-electron chi connectivity index (χ0n) is 48.1. The summed E-state index contributed by atoms with van der Waals surface area (Å²) in [6.07, 6.45) is 37.6. The molecule has 0 aromatic heterocycles. The molecule has 0 radical (unpaired) electrons. The smallest absolute Gasteiger partial charge is 0.220 e. The Morgan fingerprint density at radius 3 is 1.13 bits per heavy atom. The van der Waals surface area contributed by atoms with Gasteiger partial charge in [0.05, 0.1) is 32.0 Å². The topological polar surface area (TPSA) is 228 Å². The predicted octanol–water partition coefficient (Wildman–Crippen LogP) is 11.3. The third kappa shape index (κ3) is 33.4.